The van der Waals surface area contributed by atoms with Crippen molar-refractivity contribution in [3.8, 4) is 17.2 Å². The standard InChI is InChI=1S/C16H18N4O4S/c1-3-23-12-7-5-4-6-11(12)13-18-19-16(24-13)25-10(2)14(21)20-9-8-17-15(20)22/h4-7,10H,3,8-9H2,1-2H3,(H,17,22). The van der Waals surface area contributed by atoms with Gasteiger partial charge in [0.2, 0.25) is 5.91 Å². The van der Waals surface area contributed by atoms with Gasteiger partial charge >= 0.3 is 6.03 Å². The van der Waals surface area contributed by atoms with E-state index in [0.29, 0.717) is 36.9 Å². The van der Waals surface area contributed by atoms with E-state index in [2.05, 4.69) is 15.5 Å². The van der Waals surface area contributed by atoms with E-state index in [1.54, 1.807) is 6.92 Å². The lowest BCUT2D eigenvalue weighted by molar-refractivity contribution is -0.126. The number of aromatic nitrogens is 2. The number of carbonyl (C=O) groups excluding carboxylic acids is 2. The highest BCUT2D eigenvalue weighted by Gasteiger charge is 2.31. The van der Waals surface area contributed by atoms with Crippen LogP contribution < -0.4 is 10.1 Å². The van der Waals surface area contributed by atoms with E-state index in [1.807, 2.05) is 31.2 Å². The zero-order chi connectivity index (χ0) is 17.8. The van der Waals surface area contributed by atoms with E-state index in [4.69, 9.17) is 9.15 Å². The first-order valence-corrected chi connectivity index (χ1v) is 8.79. The Balaban J connectivity index is 1.71. The third kappa shape index (κ3) is 3.76. The average molecular weight is 362 g/mol. The molecule has 3 amide bonds. The van der Waals surface area contributed by atoms with Gasteiger partial charge in [0.05, 0.1) is 17.4 Å². The lowest BCUT2D eigenvalue weighted by Crippen LogP contribution is -2.38. The molecule has 0 aliphatic carbocycles. The molecule has 132 valence electrons. The van der Waals surface area contributed by atoms with Crippen LogP contribution in [0.2, 0.25) is 0 Å². The van der Waals surface area contributed by atoms with Gasteiger partial charge < -0.3 is 14.5 Å². The van der Waals surface area contributed by atoms with Gasteiger partial charge in [0.25, 0.3) is 11.1 Å². The zero-order valence-corrected chi connectivity index (χ0v) is 14.7. The first-order valence-electron chi connectivity index (χ1n) is 7.91. The molecular weight excluding hydrogens is 344 g/mol. The molecule has 2 aromatic rings. The van der Waals surface area contributed by atoms with Crippen molar-refractivity contribution >= 4 is 23.7 Å². The smallest absolute Gasteiger partial charge is 0.324 e. The molecule has 0 spiro atoms. The van der Waals surface area contributed by atoms with Gasteiger partial charge in [0, 0.05) is 13.1 Å². The Kier molecular flexibility index (Phi) is 5.22. The maximum atomic E-state index is 12.3. The van der Waals surface area contributed by atoms with E-state index in [1.165, 1.54) is 4.90 Å². The highest BCUT2D eigenvalue weighted by atomic mass is 32.2. The normalized spacial score (nSPS) is 15.1. The summed E-state index contributed by atoms with van der Waals surface area (Å²) in [5.41, 5.74) is 0.696. The number of benzene rings is 1. The van der Waals surface area contributed by atoms with Crippen LogP contribution >= 0.6 is 11.8 Å². The fraction of sp³-hybridized carbons (Fsp3) is 0.375. The minimum atomic E-state index is -0.515. The summed E-state index contributed by atoms with van der Waals surface area (Å²) in [7, 11) is 0. The minimum Gasteiger partial charge on any atom is -0.493 e. The molecule has 25 heavy (non-hydrogen) atoms. The third-order valence-corrected chi connectivity index (χ3v) is 4.49. The summed E-state index contributed by atoms with van der Waals surface area (Å²) >= 11 is 1.12. The maximum Gasteiger partial charge on any atom is 0.324 e. The lowest BCUT2D eigenvalue weighted by Gasteiger charge is -2.15. The molecule has 0 radical (unpaired) electrons. The van der Waals surface area contributed by atoms with E-state index in [0.717, 1.165) is 11.8 Å². The Labute approximate surface area is 148 Å². The molecule has 1 aliphatic rings. The summed E-state index contributed by atoms with van der Waals surface area (Å²) in [5, 5.41) is 10.4. The quantitative estimate of drug-likeness (QED) is 0.786. The number of urea groups is 1. The fourth-order valence-corrected chi connectivity index (χ4v) is 3.14. The SMILES string of the molecule is CCOc1ccccc1-c1nnc(SC(C)C(=O)N2CCNC2=O)o1. The van der Waals surface area contributed by atoms with E-state index in [-0.39, 0.29) is 17.2 Å². The van der Waals surface area contributed by atoms with Crippen LogP contribution in [0.5, 0.6) is 5.75 Å². The number of hydrogen-bond donors (Lipinski definition) is 1. The van der Waals surface area contributed by atoms with Gasteiger partial charge in [-0.2, -0.15) is 0 Å². The molecule has 8 nitrogen and oxygen atoms in total. The van der Waals surface area contributed by atoms with E-state index < -0.39 is 5.25 Å². The van der Waals surface area contributed by atoms with Gasteiger partial charge in [-0.3, -0.25) is 9.69 Å². The van der Waals surface area contributed by atoms with Crippen LogP contribution in [0.25, 0.3) is 11.5 Å². The van der Waals surface area contributed by atoms with E-state index in [9.17, 15) is 9.59 Å². The second kappa shape index (κ2) is 7.56. The molecule has 1 saturated heterocycles. The number of amides is 3. The Morgan fingerprint density at radius 1 is 1.44 bits per heavy atom. The molecule has 1 fully saturated rings. The number of thioether (sulfide) groups is 1. The number of hydrogen-bond acceptors (Lipinski definition) is 7. The minimum absolute atomic E-state index is 0.266. The monoisotopic (exact) mass is 362 g/mol. The van der Waals surface area contributed by atoms with Crippen LogP contribution in [0.1, 0.15) is 13.8 Å². The molecular formula is C16H18N4O4S. The number of para-hydroxylation sites is 1. The molecule has 9 heteroatoms. The third-order valence-electron chi connectivity index (χ3n) is 3.57. The molecule has 1 aromatic heterocycles. The topological polar surface area (TPSA) is 97.6 Å². The van der Waals surface area contributed by atoms with Crippen molar-refractivity contribution in [3.05, 3.63) is 24.3 Å². The Hall–Kier alpha value is -2.55. The predicted molar refractivity (Wildman–Crippen MR) is 91.3 cm³/mol. The largest absolute Gasteiger partial charge is 0.493 e. The molecule has 1 N–H and O–H groups in total. The summed E-state index contributed by atoms with van der Waals surface area (Å²) in [6.45, 7) is 4.97. The van der Waals surface area contributed by atoms with Gasteiger partial charge in [-0.05, 0) is 26.0 Å². The van der Waals surface area contributed by atoms with Crippen molar-refractivity contribution < 1.29 is 18.7 Å². The summed E-state index contributed by atoms with van der Waals surface area (Å²) in [6, 6.07) is 7.01. The highest BCUT2D eigenvalue weighted by molar-refractivity contribution is 8.00. The van der Waals surface area contributed by atoms with Crippen molar-refractivity contribution in [1.82, 2.24) is 20.4 Å². The van der Waals surface area contributed by atoms with Gasteiger partial charge in [-0.25, -0.2) is 4.79 Å². The van der Waals surface area contributed by atoms with Crippen LogP contribution in [0, 0.1) is 0 Å². The zero-order valence-electron chi connectivity index (χ0n) is 13.9. The van der Waals surface area contributed by atoms with Crippen molar-refractivity contribution in [2.45, 2.75) is 24.3 Å². The Morgan fingerprint density at radius 3 is 2.96 bits per heavy atom. The maximum absolute atomic E-state index is 12.3. The number of rotatable bonds is 6. The molecule has 0 saturated carbocycles. The summed E-state index contributed by atoms with van der Waals surface area (Å²) in [5.74, 6) is 0.697. The average Bonchev–Trinajstić information content (AvgIpc) is 3.24. The lowest BCUT2D eigenvalue weighted by atomic mass is 10.2. The molecule has 0 bridgehead atoms. The predicted octanol–water partition coefficient (Wildman–Crippen LogP) is 2.17. The summed E-state index contributed by atoms with van der Waals surface area (Å²) in [6.07, 6.45) is 0. The first kappa shape index (κ1) is 17.3. The van der Waals surface area contributed by atoms with Crippen molar-refractivity contribution in [3.63, 3.8) is 0 Å². The molecule has 1 aliphatic heterocycles. The van der Waals surface area contributed by atoms with Crippen molar-refractivity contribution in [2.24, 2.45) is 0 Å². The Bertz CT molecular complexity index is 779. The first-order chi connectivity index (χ1) is 12.1. The number of imide groups is 1. The second-order valence-electron chi connectivity index (χ2n) is 5.28. The van der Waals surface area contributed by atoms with Gasteiger partial charge in [0.15, 0.2) is 0 Å². The molecule has 1 atom stereocenters. The summed E-state index contributed by atoms with van der Waals surface area (Å²) < 4.78 is 11.2. The highest BCUT2D eigenvalue weighted by Crippen LogP contribution is 2.32. The van der Waals surface area contributed by atoms with Gasteiger partial charge in [-0.15, -0.1) is 10.2 Å². The van der Waals surface area contributed by atoms with Crippen LogP contribution in [-0.2, 0) is 4.79 Å². The molecule has 1 aromatic carbocycles. The molecule has 3 rings (SSSR count). The fourth-order valence-electron chi connectivity index (χ4n) is 2.39. The van der Waals surface area contributed by atoms with Crippen LogP contribution in [0.4, 0.5) is 4.79 Å². The molecule has 1 unspecified atom stereocenters. The van der Waals surface area contributed by atoms with Gasteiger partial charge in [0.1, 0.15) is 5.75 Å². The number of nitrogens with one attached hydrogen (secondary N) is 1. The van der Waals surface area contributed by atoms with Crippen LogP contribution in [0.15, 0.2) is 33.9 Å². The number of nitrogens with zero attached hydrogens (tertiary/aromatic N) is 3. The second-order valence-corrected chi connectivity index (χ2v) is 6.58. The number of carbonyl (C=O) groups is 2. The number of ether oxygens (including phenoxy) is 1. The Morgan fingerprint density at radius 2 is 2.24 bits per heavy atom. The molecule has 2 heterocycles. The van der Waals surface area contributed by atoms with E-state index >= 15 is 0 Å². The van der Waals surface area contributed by atoms with Crippen molar-refractivity contribution in [1.29, 1.82) is 0 Å². The van der Waals surface area contributed by atoms with Crippen LogP contribution in [-0.4, -0.2) is 52.0 Å². The van der Waals surface area contributed by atoms with Gasteiger partial charge in [-0.1, -0.05) is 23.9 Å². The van der Waals surface area contributed by atoms with Crippen molar-refractivity contribution in [2.75, 3.05) is 19.7 Å². The van der Waals surface area contributed by atoms with Crippen LogP contribution in [0.3, 0.4) is 0 Å². The summed E-state index contributed by atoms with van der Waals surface area (Å²) in [4.78, 5) is 25.1.